The summed E-state index contributed by atoms with van der Waals surface area (Å²) in [6.45, 7) is -2.24. The lowest BCUT2D eigenvalue weighted by atomic mass is 10.0. The smallest absolute Gasteiger partial charge is 0.305 e. The molecule has 1 aromatic rings. The van der Waals surface area contributed by atoms with Crippen LogP contribution in [0.1, 0.15) is 5.56 Å². The van der Waals surface area contributed by atoms with Crippen LogP contribution in [0.25, 0.3) is 0 Å². The maximum Gasteiger partial charge on any atom is 0.305 e. The van der Waals surface area contributed by atoms with Crippen LogP contribution in [0.2, 0.25) is 0 Å². The number of aliphatic hydroxyl groups excluding tert-OH is 3. The van der Waals surface area contributed by atoms with E-state index in [1.807, 2.05) is 0 Å². The van der Waals surface area contributed by atoms with Gasteiger partial charge < -0.3 is 20.6 Å². The average Bonchev–Trinajstić information content (AvgIpc) is 2.42. The van der Waals surface area contributed by atoms with Crippen molar-refractivity contribution in [2.24, 2.45) is 0 Å². The van der Waals surface area contributed by atoms with Crippen molar-refractivity contribution in [3.8, 4) is 0 Å². The van der Waals surface area contributed by atoms with Crippen LogP contribution >= 0.6 is 0 Å². The molecule has 0 atom stereocenters. The topological polar surface area (TPSA) is 116 Å². The lowest BCUT2D eigenvalue weighted by Crippen LogP contribution is -2.54. The van der Waals surface area contributed by atoms with Crippen molar-refractivity contribution in [1.29, 1.82) is 0 Å². The normalized spacial score (nSPS) is 11.7. The van der Waals surface area contributed by atoms with E-state index in [0.29, 0.717) is 12.1 Å². The Morgan fingerprint density at radius 3 is 2.15 bits per heavy atom. The molecule has 0 aliphatic rings. The predicted molar refractivity (Wildman–Crippen MR) is 63.8 cm³/mol. The third-order valence-corrected chi connectivity index (χ3v) is 2.87. The highest BCUT2D eigenvalue weighted by atomic mass is 19.1. The molecular formula is C11H14F2N2O5. The van der Waals surface area contributed by atoms with Gasteiger partial charge in [-0.25, -0.2) is 4.39 Å². The van der Waals surface area contributed by atoms with Gasteiger partial charge in [0.25, 0.3) is 0 Å². The third kappa shape index (κ3) is 3.45. The van der Waals surface area contributed by atoms with E-state index in [9.17, 15) is 18.9 Å². The first-order chi connectivity index (χ1) is 9.39. The summed E-state index contributed by atoms with van der Waals surface area (Å²) >= 11 is 0. The summed E-state index contributed by atoms with van der Waals surface area (Å²) in [6, 6.07) is 1.10. The van der Waals surface area contributed by atoms with Gasteiger partial charge in [0.05, 0.1) is 30.3 Å². The third-order valence-electron chi connectivity index (χ3n) is 2.87. The molecule has 1 rings (SSSR count). The van der Waals surface area contributed by atoms with Crippen molar-refractivity contribution in [2.45, 2.75) is 12.1 Å². The van der Waals surface area contributed by atoms with Gasteiger partial charge in [0.1, 0.15) is 5.82 Å². The summed E-state index contributed by atoms with van der Waals surface area (Å²) in [5.74, 6) is -2.31. The largest absolute Gasteiger partial charge is 0.394 e. The first kappa shape index (κ1) is 16.4. The maximum absolute atomic E-state index is 13.5. The van der Waals surface area contributed by atoms with Crippen molar-refractivity contribution in [1.82, 2.24) is 5.32 Å². The van der Waals surface area contributed by atoms with Gasteiger partial charge >= 0.3 is 5.69 Å². The summed E-state index contributed by atoms with van der Waals surface area (Å²) in [5.41, 5.74) is -2.57. The first-order valence-electron chi connectivity index (χ1n) is 5.59. The molecule has 0 aliphatic carbocycles. The van der Waals surface area contributed by atoms with E-state index in [1.54, 1.807) is 0 Å². The number of nitrogens with zero attached hydrogens (tertiary/aromatic N) is 1. The number of aliphatic hydroxyl groups is 3. The number of nitrogens with one attached hydrogen (secondary N) is 1. The van der Waals surface area contributed by atoms with E-state index < -0.39 is 47.6 Å². The molecular weight excluding hydrogens is 278 g/mol. The molecule has 0 fully saturated rings. The SMILES string of the molecule is O=[N+]([O-])c1cc(CNC(CO)(CO)CO)c(F)cc1F. The molecule has 7 nitrogen and oxygen atoms in total. The van der Waals surface area contributed by atoms with Crippen LogP contribution < -0.4 is 5.32 Å². The summed E-state index contributed by atoms with van der Waals surface area (Å²) < 4.78 is 26.6. The quantitative estimate of drug-likeness (QED) is 0.404. The maximum atomic E-state index is 13.5. The molecule has 4 N–H and O–H groups in total. The molecule has 0 amide bonds. The predicted octanol–water partition coefficient (Wildman–Crippen LogP) is -0.322. The van der Waals surface area contributed by atoms with E-state index >= 15 is 0 Å². The number of nitro groups is 1. The Bertz CT molecular complexity index is 486. The van der Waals surface area contributed by atoms with E-state index in [0.717, 1.165) is 0 Å². The monoisotopic (exact) mass is 292 g/mol. The fraction of sp³-hybridized carbons (Fsp3) is 0.455. The first-order valence-corrected chi connectivity index (χ1v) is 5.59. The minimum absolute atomic E-state index is 0.224. The number of hydrogen-bond donors (Lipinski definition) is 4. The van der Waals surface area contributed by atoms with Crippen molar-refractivity contribution in [3.63, 3.8) is 0 Å². The van der Waals surface area contributed by atoms with Gasteiger partial charge in [-0.15, -0.1) is 0 Å². The number of nitro benzene ring substituents is 1. The molecule has 1 aromatic carbocycles. The van der Waals surface area contributed by atoms with E-state index in [-0.39, 0.29) is 12.1 Å². The lowest BCUT2D eigenvalue weighted by molar-refractivity contribution is -0.387. The Hall–Kier alpha value is -1.68. The van der Waals surface area contributed by atoms with E-state index in [1.165, 1.54) is 0 Å². The fourth-order valence-electron chi connectivity index (χ4n) is 1.46. The van der Waals surface area contributed by atoms with E-state index in [2.05, 4.69) is 5.32 Å². The van der Waals surface area contributed by atoms with Gasteiger partial charge in [0, 0.05) is 24.2 Å². The van der Waals surface area contributed by atoms with Crippen molar-refractivity contribution < 1.29 is 29.0 Å². The number of rotatable bonds is 7. The molecule has 0 aliphatic heterocycles. The molecule has 0 bridgehead atoms. The Kier molecular flexibility index (Phi) is 5.45. The van der Waals surface area contributed by atoms with Crippen LogP contribution in [-0.2, 0) is 6.54 Å². The van der Waals surface area contributed by atoms with Crippen molar-refractivity contribution in [2.75, 3.05) is 19.8 Å². The number of halogens is 2. The number of hydrogen-bond acceptors (Lipinski definition) is 6. The molecule has 0 unspecified atom stereocenters. The van der Waals surface area contributed by atoms with Gasteiger partial charge in [-0.05, 0) is 0 Å². The van der Waals surface area contributed by atoms with Crippen molar-refractivity contribution in [3.05, 3.63) is 39.4 Å². The molecule has 20 heavy (non-hydrogen) atoms. The molecule has 9 heteroatoms. The van der Waals surface area contributed by atoms with Crippen LogP contribution in [0.4, 0.5) is 14.5 Å². The van der Waals surface area contributed by atoms with Gasteiger partial charge in [-0.3, -0.25) is 10.1 Å². The molecule has 112 valence electrons. The Morgan fingerprint density at radius 1 is 1.15 bits per heavy atom. The molecule has 0 radical (unpaired) electrons. The highest BCUT2D eigenvalue weighted by molar-refractivity contribution is 5.37. The van der Waals surface area contributed by atoms with E-state index in [4.69, 9.17) is 15.3 Å². The zero-order chi connectivity index (χ0) is 15.3. The Morgan fingerprint density at radius 2 is 1.70 bits per heavy atom. The summed E-state index contributed by atoms with van der Waals surface area (Å²) in [4.78, 5) is 9.57. The zero-order valence-corrected chi connectivity index (χ0v) is 10.3. The molecule has 0 saturated heterocycles. The Labute approximate surface area is 112 Å². The lowest BCUT2D eigenvalue weighted by Gasteiger charge is -2.28. The second-order valence-corrected chi connectivity index (χ2v) is 4.26. The highest BCUT2D eigenvalue weighted by Crippen LogP contribution is 2.22. The second kappa shape index (κ2) is 6.66. The summed E-state index contributed by atoms with van der Waals surface area (Å²) in [6.07, 6.45) is 0. The molecule has 0 aromatic heterocycles. The second-order valence-electron chi connectivity index (χ2n) is 4.26. The van der Waals surface area contributed by atoms with Gasteiger partial charge in [0.15, 0.2) is 0 Å². The van der Waals surface area contributed by atoms with Gasteiger partial charge in [0.2, 0.25) is 5.82 Å². The highest BCUT2D eigenvalue weighted by Gasteiger charge is 2.28. The summed E-state index contributed by atoms with van der Waals surface area (Å²) in [7, 11) is 0. The minimum atomic E-state index is -1.46. The zero-order valence-electron chi connectivity index (χ0n) is 10.3. The van der Waals surface area contributed by atoms with Gasteiger partial charge in [-0.2, -0.15) is 4.39 Å². The van der Waals surface area contributed by atoms with Crippen LogP contribution in [0.3, 0.4) is 0 Å². The molecule has 0 spiro atoms. The van der Waals surface area contributed by atoms with Crippen LogP contribution in [0.15, 0.2) is 12.1 Å². The summed E-state index contributed by atoms with van der Waals surface area (Å²) in [5, 5.41) is 40.2. The van der Waals surface area contributed by atoms with Crippen LogP contribution in [-0.4, -0.2) is 45.6 Å². The van der Waals surface area contributed by atoms with Crippen LogP contribution in [0, 0.1) is 21.7 Å². The van der Waals surface area contributed by atoms with Crippen LogP contribution in [0.5, 0.6) is 0 Å². The standard InChI is InChI=1S/C11H14F2N2O5/c12-8-2-9(13)10(15(19)20)1-7(8)3-14-11(4-16,5-17)6-18/h1-2,14,16-18H,3-6H2. The van der Waals surface area contributed by atoms with Crippen molar-refractivity contribution >= 4 is 5.69 Å². The molecule has 0 saturated carbocycles. The minimum Gasteiger partial charge on any atom is -0.394 e. The fourth-order valence-corrected chi connectivity index (χ4v) is 1.46. The average molecular weight is 292 g/mol. The van der Waals surface area contributed by atoms with Gasteiger partial charge in [-0.1, -0.05) is 0 Å². The Balaban J connectivity index is 2.98. The number of benzene rings is 1. The molecule has 0 heterocycles.